The highest BCUT2D eigenvalue weighted by Crippen LogP contribution is 2.36. The van der Waals surface area contributed by atoms with Crippen LogP contribution in [-0.4, -0.2) is 48.2 Å². The number of pyridine rings is 1. The minimum absolute atomic E-state index is 0.286. The summed E-state index contributed by atoms with van der Waals surface area (Å²) in [5, 5.41) is 9.00. The van der Waals surface area contributed by atoms with Gasteiger partial charge in [0.15, 0.2) is 5.82 Å². The number of hydrogen-bond donors (Lipinski definition) is 1. The van der Waals surface area contributed by atoms with Crippen molar-refractivity contribution >= 4 is 28.3 Å². The normalized spacial score (nSPS) is 11.2. The molecule has 0 atom stereocenters. The van der Waals surface area contributed by atoms with Gasteiger partial charge in [-0.1, -0.05) is 11.6 Å². The molecule has 3 rings (SSSR count). The third kappa shape index (κ3) is 4.26. The molecule has 0 aliphatic carbocycles. The summed E-state index contributed by atoms with van der Waals surface area (Å²) in [6, 6.07) is 7.70. The molecule has 0 unspecified atom stereocenters. The number of anilines is 1. The smallest absolute Gasteiger partial charge is 0.157 e. The Morgan fingerprint density at radius 2 is 1.96 bits per heavy atom. The van der Waals surface area contributed by atoms with Gasteiger partial charge in [-0.25, -0.2) is 9.67 Å². The Balaban J connectivity index is 2.03. The lowest BCUT2D eigenvalue weighted by atomic mass is 10.2. The van der Waals surface area contributed by atoms with Gasteiger partial charge in [0.1, 0.15) is 28.9 Å². The van der Waals surface area contributed by atoms with E-state index >= 15 is 0 Å². The van der Waals surface area contributed by atoms with E-state index in [1.54, 1.807) is 18.9 Å². The Morgan fingerprint density at radius 3 is 2.67 bits per heavy atom. The second-order valence-corrected chi connectivity index (χ2v) is 6.62. The first-order valence-electron chi connectivity index (χ1n) is 8.65. The second-order valence-electron chi connectivity index (χ2n) is 6.24. The number of nitrogens with zero attached hydrogens (tertiary/aromatic N) is 3. The van der Waals surface area contributed by atoms with Gasteiger partial charge in [0.2, 0.25) is 0 Å². The third-order valence-corrected chi connectivity index (χ3v) is 4.22. The summed E-state index contributed by atoms with van der Waals surface area (Å²) < 4.78 is 17.9. The van der Waals surface area contributed by atoms with Crippen molar-refractivity contribution in [3.63, 3.8) is 0 Å². The minimum atomic E-state index is 0.286. The van der Waals surface area contributed by atoms with Gasteiger partial charge in [0.25, 0.3) is 0 Å². The molecule has 1 N–H and O–H groups in total. The Kier molecular flexibility index (Phi) is 6.03. The van der Waals surface area contributed by atoms with Gasteiger partial charge in [-0.3, -0.25) is 0 Å². The van der Waals surface area contributed by atoms with Crippen LogP contribution in [0.25, 0.3) is 16.7 Å². The lowest BCUT2D eigenvalue weighted by Gasteiger charge is -2.13. The van der Waals surface area contributed by atoms with Crippen molar-refractivity contribution in [2.45, 2.75) is 19.9 Å². The van der Waals surface area contributed by atoms with Gasteiger partial charge >= 0.3 is 0 Å². The van der Waals surface area contributed by atoms with Crippen molar-refractivity contribution in [2.24, 2.45) is 0 Å². The Bertz CT molecular complexity index is 927. The third-order valence-electron chi connectivity index (χ3n) is 3.86. The van der Waals surface area contributed by atoms with E-state index in [1.165, 1.54) is 0 Å². The molecule has 0 saturated heterocycles. The SMILES string of the molecule is COCCOc1ccc2c(OC)cc(-n3ccc(NC(C)C)n3)nc2c1Cl. The standard InChI is InChI=1S/C19H23ClN4O3/c1-12(2)21-16-7-8-24(23-16)17-11-15(26-4)13-5-6-14(27-10-9-25-3)18(20)19(13)22-17/h5-8,11-12H,9-10H2,1-4H3,(H,21,23). The van der Waals surface area contributed by atoms with Crippen LogP contribution in [0.2, 0.25) is 5.02 Å². The van der Waals surface area contributed by atoms with Crippen LogP contribution in [0, 0.1) is 0 Å². The molecule has 0 amide bonds. The number of rotatable bonds is 8. The summed E-state index contributed by atoms with van der Waals surface area (Å²) in [6.45, 7) is 4.99. The van der Waals surface area contributed by atoms with Gasteiger partial charge in [-0.05, 0) is 26.0 Å². The van der Waals surface area contributed by atoms with E-state index in [1.807, 2.05) is 30.5 Å². The molecule has 3 aromatic rings. The molecule has 1 aromatic carbocycles. The minimum Gasteiger partial charge on any atom is -0.496 e. The van der Waals surface area contributed by atoms with Crippen LogP contribution in [0.5, 0.6) is 11.5 Å². The number of benzene rings is 1. The molecule has 2 heterocycles. The zero-order valence-corrected chi connectivity index (χ0v) is 16.6. The van der Waals surface area contributed by atoms with Crippen LogP contribution < -0.4 is 14.8 Å². The van der Waals surface area contributed by atoms with Crippen molar-refractivity contribution < 1.29 is 14.2 Å². The van der Waals surface area contributed by atoms with Crippen LogP contribution in [0.3, 0.4) is 0 Å². The first-order chi connectivity index (χ1) is 13.0. The van der Waals surface area contributed by atoms with E-state index in [4.69, 9.17) is 25.8 Å². The molecule has 7 nitrogen and oxygen atoms in total. The van der Waals surface area contributed by atoms with Crippen LogP contribution in [-0.2, 0) is 4.74 Å². The maximum atomic E-state index is 6.56. The summed E-state index contributed by atoms with van der Waals surface area (Å²) in [6.07, 6.45) is 1.84. The van der Waals surface area contributed by atoms with Crippen molar-refractivity contribution in [2.75, 3.05) is 32.8 Å². The van der Waals surface area contributed by atoms with Crippen molar-refractivity contribution in [3.05, 3.63) is 35.5 Å². The van der Waals surface area contributed by atoms with Gasteiger partial charge in [-0.15, -0.1) is 5.10 Å². The highest BCUT2D eigenvalue weighted by molar-refractivity contribution is 6.36. The maximum Gasteiger partial charge on any atom is 0.157 e. The molecule has 27 heavy (non-hydrogen) atoms. The fourth-order valence-electron chi connectivity index (χ4n) is 2.65. The van der Waals surface area contributed by atoms with Gasteiger partial charge < -0.3 is 19.5 Å². The van der Waals surface area contributed by atoms with Gasteiger partial charge in [-0.2, -0.15) is 0 Å². The Labute approximate surface area is 163 Å². The molecular formula is C19H23ClN4O3. The summed E-state index contributed by atoms with van der Waals surface area (Å²) in [7, 11) is 3.24. The zero-order chi connectivity index (χ0) is 19.4. The fourth-order valence-corrected chi connectivity index (χ4v) is 2.91. The van der Waals surface area contributed by atoms with E-state index in [2.05, 4.69) is 29.2 Å². The predicted molar refractivity (Wildman–Crippen MR) is 107 cm³/mol. The first-order valence-corrected chi connectivity index (χ1v) is 9.03. The highest BCUT2D eigenvalue weighted by Gasteiger charge is 2.15. The van der Waals surface area contributed by atoms with Crippen molar-refractivity contribution in [1.29, 1.82) is 0 Å². The average molecular weight is 391 g/mol. The van der Waals surface area contributed by atoms with E-state index < -0.39 is 0 Å². The number of nitrogens with one attached hydrogen (secondary N) is 1. The average Bonchev–Trinajstić information content (AvgIpc) is 3.10. The summed E-state index contributed by atoms with van der Waals surface area (Å²) in [4.78, 5) is 4.68. The van der Waals surface area contributed by atoms with E-state index in [0.29, 0.717) is 41.1 Å². The lowest BCUT2D eigenvalue weighted by molar-refractivity contribution is 0.146. The van der Waals surface area contributed by atoms with Crippen LogP contribution in [0.1, 0.15) is 13.8 Å². The molecule has 0 saturated carbocycles. The fraction of sp³-hybridized carbons (Fsp3) is 0.368. The molecular weight excluding hydrogens is 368 g/mol. The Hall–Kier alpha value is -2.51. The van der Waals surface area contributed by atoms with E-state index in [0.717, 1.165) is 11.2 Å². The quantitative estimate of drug-likeness (QED) is 0.588. The van der Waals surface area contributed by atoms with Crippen LogP contribution in [0.4, 0.5) is 5.82 Å². The largest absolute Gasteiger partial charge is 0.496 e. The van der Waals surface area contributed by atoms with Crippen LogP contribution in [0.15, 0.2) is 30.5 Å². The van der Waals surface area contributed by atoms with Crippen molar-refractivity contribution in [3.8, 4) is 17.3 Å². The number of methoxy groups -OCH3 is 2. The predicted octanol–water partition coefficient (Wildman–Crippen LogP) is 3.93. The Morgan fingerprint density at radius 1 is 1.15 bits per heavy atom. The molecule has 0 bridgehead atoms. The van der Waals surface area contributed by atoms with E-state index in [-0.39, 0.29) is 6.04 Å². The zero-order valence-electron chi connectivity index (χ0n) is 15.8. The molecule has 0 aliphatic heterocycles. The molecule has 0 aliphatic rings. The number of aromatic nitrogens is 3. The first kappa shape index (κ1) is 19.3. The molecule has 0 radical (unpaired) electrons. The van der Waals surface area contributed by atoms with Gasteiger partial charge in [0, 0.05) is 36.9 Å². The van der Waals surface area contributed by atoms with Gasteiger partial charge in [0.05, 0.1) is 19.2 Å². The number of fused-ring (bicyclic) bond motifs is 1. The van der Waals surface area contributed by atoms with Crippen LogP contribution >= 0.6 is 11.6 Å². The number of halogens is 1. The molecule has 8 heteroatoms. The molecule has 2 aromatic heterocycles. The number of hydrogen-bond acceptors (Lipinski definition) is 6. The summed E-state index contributed by atoms with van der Waals surface area (Å²) >= 11 is 6.56. The topological polar surface area (TPSA) is 70.4 Å². The molecule has 0 spiro atoms. The summed E-state index contributed by atoms with van der Waals surface area (Å²) in [5.41, 5.74) is 0.592. The number of ether oxygens (including phenoxy) is 3. The monoisotopic (exact) mass is 390 g/mol. The maximum absolute atomic E-state index is 6.56. The summed E-state index contributed by atoms with van der Waals surface area (Å²) in [5.74, 6) is 2.59. The van der Waals surface area contributed by atoms with E-state index in [9.17, 15) is 0 Å². The lowest BCUT2D eigenvalue weighted by Crippen LogP contribution is -2.10. The second kappa shape index (κ2) is 8.45. The molecule has 0 fully saturated rings. The van der Waals surface area contributed by atoms with Crippen molar-refractivity contribution in [1.82, 2.24) is 14.8 Å². The molecule has 144 valence electrons. The highest BCUT2D eigenvalue weighted by atomic mass is 35.5.